The average molecular weight is 855 g/mol. The van der Waals surface area contributed by atoms with E-state index in [1.165, 1.54) is 47.4 Å². The van der Waals surface area contributed by atoms with Crippen LogP contribution in [0.25, 0.3) is 0 Å². The molecule has 312 valence electrons. The highest BCUT2D eigenvalue weighted by molar-refractivity contribution is 8.20. The van der Waals surface area contributed by atoms with Gasteiger partial charge in [0.1, 0.15) is 17.9 Å². The molecule has 0 radical (unpaired) electrons. The first-order chi connectivity index (χ1) is 25.2. The zero-order valence-electron chi connectivity index (χ0n) is 33.5. The third-order valence-corrected chi connectivity index (χ3v) is 15.2. The normalized spacial score (nSPS) is 29.5. The zero-order chi connectivity index (χ0) is 38.1. The summed E-state index contributed by atoms with van der Waals surface area (Å²) in [7, 11) is 0. The molecule has 16 heteroatoms. The fourth-order valence-electron chi connectivity index (χ4n) is 4.50. The van der Waals surface area contributed by atoms with Crippen molar-refractivity contribution in [3.63, 3.8) is 0 Å². The molecular weight excluding hydrogens is 781 g/mol. The van der Waals surface area contributed by atoms with Gasteiger partial charge in [-0.3, -0.25) is 10.6 Å². The van der Waals surface area contributed by atoms with Gasteiger partial charge in [-0.05, 0) is 105 Å². The second kappa shape index (κ2) is 37.0. The van der Waals surface area contributed by atoms with Gasteiger partial charge in [0.2, 0.25) is 0 Å². The van der Waals surface area contributed by atoms with Crippen molar-refractivity contribution in [2.75, 3.05) is 100 Å². The van der Waals surface area contributed by atoms with Crippen LogP contribution in [0.2, 0.25) is 0 Å². The van der Waals surface area contributed by atoms with Crippen LogP contribution in [0.5, 0.6) is 0 Å². The number of ether oxygens (including phenoxy) is 8. The molecule has 0 saturated carbocycles. The fraction of sp³-hybridized carbons (Fsp3) is 1.00. The van der Waals surface area contributed by atoms with Crippen molar-refractivity contribution in [2.45, 2.75) is 126 Å². The summed E-state index contributed by atoms with van der Waals surface area (Å²) in [4.78, 5) is 0. The van der Waals surface area contributed by atoms with Gasteiger partial charge in [0.25, 0.3) is 0 Å². The van der Waals surface area contributed by atoms with E-state index in [4.69, 9.17) is 37.9 Å². The quantitative estimate of drug-likeness (QED) is 0.246. The molecule has 0 aromatic heterocycles. The Morgan fingerprint density at radius 2 is 0.788 bits per heavy atom. The maximum Gasteiger partial charge on any atom is 0.155 e. The average Bonchev–Trinajstić information content (AvgIpc) is 4.01. The summed E-state index contributed by atoms with van der Waals surface area (Å²) in [6.07, 6.45) is 5.51. The predicted octanol–water partition coefficient (Wildman–Crippen LogP) is 8.04. The molecule has 8 fully saturated rings. The molecule has 2 N–H and O–H groups in total. The first-order valence-corrected chi connectivity index (χ1v) is 25.5. The molecule has 4 unspecified atom stereocenters. The second-order valence-corrected chi connectivity index (χ2v) is 21.4. The van der Waals surface area contributed by atoms with Crippen LogP contribution >= 0.6 is 70.6 Å². The Kier molecular flexibility index (Phi) is 36.8. The van der Waals surface area contributed by atoms with Gasteiger partial charge in [0, 0.05) is 46.2 Å². The topological polar surface area (TPSA) is 97.9 Å². The van der Waals surface area contributed by atoms with Crippen molar-refractivity contribution in [3.05, 3.63) is 0 Å². The lowest BCUT2D eigenvalue weighted by atomic mass is 10.4. The highest BCUT2D eigenvalue weighted by atomic mass is 32.2. The van der Waals surface area contributed by atoms with Crippen molar-refractivity contribution in [1.82, 2.24) is 10.6 Å². The summed E-state index contributed by atoms with van der Waals surface area (Å²) in [5, 5.41) is 6.26. The molecular formula is C36H74N2O8S6. The van der Waals surface area contributed by atoms with E-state index in [0.29, 0.717) is 17.1 Å². The highest BCUT2D eigenvalue weighted by Crippen LogP contribution is 2.30. The molecule has 8 rings (SSSR count). The van der Waals surface area contributed by atoms with Crippen LogP contribution in [0.1, 0.15) is 81.1 Å². The standard InChI is InChI=1S/C5H11NO.C5H10O2.C5H10OS.C5H10S2.C4H9NO.C4H8O2.C4H8OS.C4H8S2/c4*1-5-6-3-2-4-7-5;4*1-4-5-2-3-6-4/h5-6H,2-4H2,1H3;3*5H,2-4H2,1H3;4-5H,2-3H2,1H3;3*4H,2-3H2,1H3. The molecule has 0 spiro atoms. The smallest absolute Gasteiger partial charge is 0.155 e. The molecule has 0 bridgehead atoms. The van der Waals surface area contributed by atoms with E-state index < -0.39 is 0 Å². The fourth-order valence-corrected chi connectivity index (χ4v) is 10.9. The summed E-state index contributed by atoms with van der Waals surface area (Å²) in [5.74, 6) is 7.96. The Morgan fingerprint density at radius 1 is 0.346 bits per heavy atom. The summed E-state index contributed by atoms with van der Waals surface area (Å²) >= 11 is 12.1. The van der Waals surface area contributed by atoms with Gasteiger partial charge in [0.15, 0.2) is 12.6 Å². The Morgan fingerprint density at radius 3 is 0.981 bits per heavy atom. The summed E-state index contributed by atoms with van der Waals surface area (Å²) in [6.45, 7) is 25.7. The van der Waals surface area contributed by atoms with Gasteiger partial charge >= 0.3 is 0 Å². The number of thioether (sulfide) groups is 6. The Labute approximate surface area is 343 Å². The second-order valence-electron chi connectivity index (χ2n) is 12.2. The van der Waals surface area contributed by atoms with Crippen molar-refractivity contribution in [2.24, 2.45) is 0 Å². The molecule has 52 heavy (non-hydrogen) atoms. The van der Waals surface area contributed by atoms with Crippen molar-refractivity contribution < 1.29 is 37.9 Å². The Balaban J connectivity index is 0.000000297. The van der Waals surface area contributed by atoms with E-state index in [1.807, 2.05) is 51.2 Å². The minimum absolute atomic E-state index is 0.0359. The van der Waals surface area contributed by atoms with Gasteiger partial charge in [0.05, 0.1) is 45.1 Å². The molecule has 8 saturated heterocycles. The van der Waals surface area contributed by atoms with Gasteiger partial charge in [-0.2, -0.15) is 0 Å². The maximum absolute atomic E-state index is 5.24. The summed E-state index contributed by atoms with van der Waals surface area (Å²) in [5.41, 5.74) is 0.916. The lowest BCUT2D eigenvalue weighted by Gasteiger charge is -2.19. The largest absolute Gasteiger partial charge is 0.368 e. The van der Waals surface area contributed by atoms with Crippen molar-refractivity contribution in [1.29, 1.82) is 0 Å². The van der Waals surface area contributed by atoms with Crippen molar-refractivity contribution in [3.8, 4) is 0 Å². The summed E-state index contributed by atoms with van der Waals surface area (Å²) < 4.78 is 42.3. The lowest BCUT2D eigenvalue weighted by Crippen LogP contribution is -2.35. The third-order valence-electron chi connectivity index (χ3n) is 7.37. The molecule has 0 aromatic carbocycles. The first-order valence-electron chi connectivity index (χ1n) is 19.2. The van der Waals surface area contributed by atoms with Crippen LogP contribution in [-0.2, 0) is 37.9 Å². The van der Waals surface area contributed by atoms with E-state index in [0.717, 1.165) is 88.0 Å². The van der Waals surface area contributed by atoms with Crippen LogP contribution < -0.4 is 10.6 Å². The van der Waals surface area contributed by atoms with Crippen LogP contribution in [0.4, 0.5) is 0 Å². The molecule has 8 aliphatic heterocycles. The molecule has 0 amide bonds. The SMILES string of the molecule is CC1NCCCO1.CC1NCCO1.CC1OCCCO1.CC1OCCCS1.CC1OCCO1.CC1OCCS1.CC1SCCCS1.CC1SCCS1. The molecule has 0 aliphatic carbocycles. The molecule has 8 heterocycles. The van der Waals surface area contributed by atoms with Crippen LogP contribution in [0, 0.1) is 0 Å². The number of rotatable bonds is 0. The van der Waals surface area contributed by atoms with Crippen LogP contribution in [0.3, 0.4) is 0 Å². The minimum atomic E-state index is 0.0359. The molecule has 4 atom stereocenters. The van der Waals surface area contributed by atoms with E-state index in [-0.39, 0.29) is 18.8 Å². The van der Waals surface area contributed by atoms with Crippen molar-refractivity contribution >= 4 is 70.6 Å². The minimum Gasteiger partial charge on any atom is -0.368 e. The first kappa shape index (κ1) is 51.7. The van der Waals surface area contributed by atoms with E-state index >= 15 is 0 Å². The van der Waals surface area contributed by atoms with E-state index in [2.05, 4.69) is 85.4 Å². The highest BCUT2D eigenvalue weighted by Gasteiger charge is 2.10. The van der Waals surface area contributed by atoms with Gasteiger partial charge in [-0.25, -0.2) is 0 Å². The van der Waals surface area contributed by atoms with Gasteiger partial charge < -0.3 is 37.9 Å². The molecule has 10 nitrogen and oxygen atoms in total. The lowest BCUT2D eigenvalue weighted by molar-refractivity contribution is -0.167. The third kappa shape index (κ3) is 34.9. The number of hydrogen-bond acceptors (Lipinski definition) is 16. The van der Waals surface area contributed by atoms with E-state index in [9.17, 15) is 0 Å². The number of hydrogen-bond donors (Lipinski definition) is 2. The Bertz CT molecular complexity index is 610. The Hall–Kier alpha value is 1.70. The predicted molar refractivity (Wildman–Crippen MR) is 233 cm³/mol. The number of nitrogens with one attached hydrogen (secondary N) is 2. The molecule has 8 aliphatic rings. The van der Waals surface area contributed by atoms with Gasteiger partial charge in [-0.15, -0.1) is 70.6 Å². The monoisotopic (exact) mass is 854 g/mol. The van der Waals surface area contributed by atoms with Crippen LogP contribution in [-0.4, -0.2) is 146 Å². The molecule has 0 aromatic rings. The van der Waals surface area contributed by atoms with E-state index in [1.54, 1.807) is 0 Å². The summed E-state index contributed by atoms with van der Waals surface area (Å²) in [6, 6.07) is 0. The zero-order valence-corrected chi connectivity index (χ0v) is 38.4. The van der Waals surface area contributed by atoms with Crippen LogP contribution in [0.15, 0.2) is 0 Å². The van der Waals surface area contributed by atoms with Gasteiger partial charge in [-0.1, -0.05) is 0 Å². The maximum atomic E-state index is 5.24.